The van der Waals surface area contributed by atoms with E-state index in [0.717, 1.165) is 22.3 Å². The van der Waals surface area contributed by atoms with Gasteiger partial charge in [-0.15, -0.1) is 11.3 Å². The van der Waals surface area contributed by atoms with Crippen LogP contribution in [0.4, 0.5) is 5.95 Å². The number of carbonyl (C=O) groups is 1. The summed E-state index contributed by atoms with van der Waals surface area (Å²) in [6.07, 6.45) is 2.63. The van der Waals surface area contributed by atoms with E-state index in [2.05, 4.69) is 25.6 Å². The highest BCUT2D eigenvalue weighted by atomic mass is 32.1. The number of aromatic nitrogens is 3. The number of carbonyl (C=O) groups excluding carboxylic acids is 1. The van der Waals surface area contributed by atoms with Crippen LogP contribution in [0.2, 0.25) is 0 Å². The van der Waals surface area contributed by atoms with E-state index >= 15 is 0 Å². The number of nitrogens with zero attached hydrogens (tertiary/aromatic N) is 3. The molecule has 1 atom stereocenters. The third-order valence-electron chi connectivity index (χ3n) is 3.53. The van der Waals surface area contributed by atoms with Crippen LogP contribution in [0.5, 0.6) is 0 Å². The van der Waals surface area contributed by atoms with Gasteiger partial charge in [0.05, 0.1) is 22.0 Å². The average molecular weight is 341 g/mol. The first-order valence-corrected chi connectivity index (χ1v) is 8.78. The van der Waals surface area contributed by atoms with Crippen LogP contribution in [-0.4, -0.2) is 27.4 Å². The van der Waals surface area contributed by atoms with Crippen LogP contribution >= 0.6 is 11.3 Å². The summed E-state index contributed by atoms with van der Waals surface area (Å²) >= 11 is 1.47. The van der Waals surface area contributed by atoms with Gasteiger partial charge in [-0.2, -0.15) is 0 Å². The van der Waals surface area contributed by atoms with Gasteiger partial charge in [-0.05, 0) is 36.9 Å². The minimum atomic E-state index is -0.166. The van der Waals surface area contributed by atoms with Crippen LogP contribution in [0, 0.1) is 0 Å². The van der Waals surface area contributed by atoms with Crippen molar-refractivity contribution in [1.82, 2.24) is 20.3 Å². The summed E-state index contributed by atoms with van der Waals surface area (Å²) in [6.45, 7) is 4.63. The van der Waals surface area contributed by atoms with Gasteiger partial charge in [0, 0.05) is 12.7 Å². The van der Waals surface area contributed by atoms with E-state index in [0.29, 0.717) is 18.2 Å². The fourth-order valence-electron chi connectivity index (χ4n) is 2.30. The molecule has 0 aromatic carbocycles. The number of fused-ring (bicyclic) bond motifs is 1. The lowest BCUT2D eigenvalue weighted by atomic mass is 10.2. The van der Waals surface area contributed by atoms with Gasteiger partial charge in [-0.25, -0.2) is 9.97 Å². The molecule has 2 N–H and O–H groups in total. The molecule has 0 aliphatic carbocycles. The highest BCUT2D eigenvalue weighted by Crippen LogP contribution is 2.25. The Bertz CT molecular complexity index is 833. The number of hydrogen-bond acceptors (Lipinski definition) is 6. The van der Waals surface area contributed by atoms with Gasteiger partial charge >= 0.3 is 0 Å². The molecule has 0 saturated carbocycles. The summed E-state index contributed by atoms with van der Waals surface area (Å²) in [7, 11) is 0. The molecule has 3 aromatic rings. The molecule has 3 aromatic heterocycles. The van der Waals surface area contributed by atoms with Crippen LogP contribution < -0.4 is 10.6 Å². The number of pyridine rings is 1. The fraction of sp³-hybridized carbons (Fsp3) is 0.294. The first-order chi connectivity index (χ1) is 11.7. The van der Waals surface area contributed by atoms with Crippen LogP contribution in [0.3, 0.4) is 0 Å². The zero-order valence-corrected chi connectivity index (χ0v) is 14.4. The zero-order chi connectivity index (χ0) is 16.9. The van der Waals surface area contributed by atoms with Gasteiger partial charge in [0.15, 0.2) is 5.69 Å². The molecule has 124 valence electrons. The van der Waals surface area contributed by atoms with E-state index in [1.54, 1.807) is 6.20 Å². The van der Waals surface area contributed by atoms with Gasteiger partial charge in [0.1, 0.15) is 0 Å². The van der Waals surface area contributed by atoms with Crippen molar-refractivity contribution in [2.24, 2.45) is 0 Å². The second-order valence-corrected chi connectivity index (χ2v) is 6.32. The summed E-state index contributed by atoms with van der Waals surface area (Å²) in [5.41, 5.74) is 2.08. The summed E-state index contributed by atoms with van der Waals surface area (Å²) < 4.78 is 0.805. The molecule has 24 heavy (non-hydrogen) atoms. The largest absolute Gasteiger partial charge is 0.351 e. The molecule has 0 unspecified atom stereocenters. The molecule has 3 heterocycles. The second-order valence-electron chi connectivity index (χ2n) is 5.41. The van der Waals surface area contributed by atoms with E-state index in [9.17, 15) is 4.79 Å². The van der Waals surface area contributed by atoms with Crippen molar-refractivity contribution in [2.45, 2.75) is 26.3 Å². The van der Waals surface area contributed by atoms with Gasteiger partial charge < -0.3 is 10.6 Å². The first-order valence-electron chi connectivity index (χ1n) is 7.90. The predicted octanol–water partition coefficient (Wildman–Crippen LogP) is 3.40. The Morgan fingerprint density at radius 2 is 2.17 bits per heavy atom. The standard InChI is InChI=1S/C17H19N5OS/c1-3-8-19-16(23)14-15-13(7-10-24-15)21-17(22-14)20-11(2)12-6-4-5-9-18-12/h4-7,9-11H,3,8H2,1-2H3,(H,19,23)(H,20,21,22)/t11-/m0/s1. The molecule has 0 aliphatic heterocycles. The average Bonchev–Trinajstić information content (AvgIpc) is 3.08. The van der Waals surface area contributed by atoms with Crippen molar-refractivity contribution in [1.29, 1.82) is 0 Å². The smallest absolute Gasteiger partial charge is 0.271 e. The van der Waals surface area contributed by atoms with E-state index in [1.165, 1.54) is 11.3 Å². The molecule has 0 fully saturated rings. The van der Waals surface area contributed by atoms with Gasteiger partial charge in [-0.1, -0.05) is 13.0 Å². The Morgan fingerprint density at radius 1 is 1.29 bits per heavy atom. The van der Waals surface area contributed by atoms with Gasteiger partial charge in [0.25, 0.3) is 5.91 Å². The molecule has 0 aliphatic rings. The Labute approximate surface area is 144 Å². The van der Waals surface area contributed by atoms with Crippen molar-refractivity contribution >= 4 is 33.4 Å². The van der Waals surface area contributed by atoms with Crippen LogP contribution in [0.25, 0.3) is 10.2 Å². The quantitative estimate of drug-likeness (QED) is 0.718. The molecule has 0 radical (unpaired) electrons. The molecule has 1 amide bonds. The maximum absolute atomic E-state index is 12.4. The summed E-state index contributed by atoms with van der Waals surface area (Å²) in [4.78, 5) is 25.7. The van der Waals surface area contributed by atoms with E-state index in [-0.39, 0.29) is 11.9 Å². The summed E-state index contributed by atoms with van der Waals surface area (Å²) in [6, 6.07) is 7.59. The second kappa shape index (κ2) is 7.35. The molecule has 7 heteroatoms. The van der Waals surface area contributed by atoms with E-state index in [1.807, 2.05) is 43.5 Å². The number of anilines is 1. The number of nitrogens with one attached hydrogen (secondary N) is 2. The third kappa shape index (κ3) is 3.51. The van der Waals surface area contributed by atoms with Crippen LogP contribution in [0.15, 0.2) is 35.8 Å². The number of thiophene rings is 1. The topological polar surface area (TPSA) is 79.8 Å². The van der Waals surface area contributed by atoms with Crippen molar-refractivity contribution in [3.63, 3.8) is 0 Å². The molecule has 3 rings (SSSR count). The van der Waals surface area contributed by atoms with Crippen molar-refractivity contribution in [3.05, 3.63) is 47.2 Å². The lowest BCUT2D eigenvalue weighted by molar-refractivity contribution is 0.0950. The van der Waals surface area contributed by atoms with Gasteiger partial charge in [-0.3, -0.25) is 9.78 Å². The maximum Gasteiger partial charge on any atom is 0.271 e. The van der Waals surface area contributed by atoms with Crippen molar-refractivity contribution in [2.75, 3.05) is 11.9 Å². The van der Waals surface area contributed by atoms with Crippen LogP contribution in [0.1, 0.15) is 42.5 Å². The van der Waals surface area contributed by atoms with E-state index < -0.39 is 0 Å². The van der Waals surface area contributed by atoms with Crippen molar-refractivity contribution < 1.29 is 4.79 Å². The number of hydrogen-bond donors (Lipinski definition) is 2. The molecule has 6 nitrogen and oxygen atoms in total. The Kier molecular flexibility index (Phi) is 5.00. The normalized spacial score (nSPS) is 12.1. The molecular weight excluding hydrogens is 322 g/mol. The number of amides is 1. The molecule has 0 spiro atoms. The van der Waals surface area contributed by atoms with Crippen LogP contribution in [-0.2, 0) is 0 Å². The summed E-state index contributed by atoms with van der Waals surface area (Å²) in [5.74, 6) is 0.265. The first kappa shape index (κ1) is 16.3. The lowest BCUT2D eigenvalue weighted by Crippen LogP contribution is -2.25. The lowest BCUT2D eigenvalue weighted by Gasteiger charge is -2.14. The maximum atomic E-state index is 12.4. The Balaban J connectivity index is 1.90. The SMILES string of the molecule is CCCNC(=O)c1nc(N[C@@H](C)c2ccccn2)nc2ccsc12. The third-order valence-corrected chi connectivity index (χ3v) is 4.44. The summed E-state index contributed by atoms with van der Waals surface area (Å²) in [5, 5.41) is 8.03. The monoisotopic (exact) mass is 341 g/mol. The molecule has 0 saturated heterocycles. The molecule has 0 bridgehead atoms. The van der Waals surface area contributed by atoms with Crippen molar-refractivity contribution in [3.8, 4) is 0 Å². The minimum absolute atomic E-state index is 0.0613. The Hall–Kier alpha value is -2.54. The zero-order valence-electron chi connectivity index (χ0n) is 13.6. The Morgan fingerprint density at radius 3 is 2.92 bits per heavy atom. The van der Waals surface area contributed by atoms with E-state index in [4.69, 9.17) is 0 Å². The minimum Gasteiger partial charge on any atom is -0.351 e. The highest BCUT2D eigenvalue weighted by molar-refractivity contribution is 7.17. The molecular formula is C17H19N5OS. The van der Waals surface area contributed by atoms with Gasteiger partial charge in [0.2, 0.25) is 5.95 Å². The fourth-order valence-corrected chi connectivity index (χ4v) is 3.12. The highest BCUT2D eigenvalue weighted by Gasteiger charge is 2.17. The number of rotatable bonds is 6. The predicted molar refractivity (Wildman–Crippen MR) is 96.3 cm³/mol.